The Morgan fingerprint density at radius 1 is 1.30 bits per heavy atom. The van der Waals surface area contributed by atoms with Crippen LogP contribution in [0.25, 0.3) is 22.3 Å². The Kier molecular flexibility index (Phi) is 4.11. The summed E-state index contributed by atoms with van der Waals surface area (Å²) >= 11 is 0. The van der Waals surface area contributed by atoms with Gasteiger partial charge in [-0.2, -0.15) is 10.2 Å². The zero-order valence-corrected chi connectivity index (χ0v) is 13.4. The van der Waals surface area contributed by atoms with Gasteiger partial charge in [-0.05, 0) is 19.4 Å². The molecule has 0 bridgehead atoms. The average Bonchev–Trinajstić information content (AvgIpc) is 3.08. The fourth-order valence-electron chi connectivity index (χ4n) is 2.72. The molecular formula is C16H19F2N5. The van der Waals surface area contributed by atoms with E-state index >= 15 is 0 Å². The first-order valence-electron chi connectivity index (χ1n) is 7.66. The number of hydrogen-bond donors (Lipinski definition) is 0. The van der Waals surface area contributed by atoms with Crippen molar-refractivity contribution in [1.82, 2.24) is 24.5 Å². The SMILES string of the molecule is CCCCn1nc(C)c2c(C(F)F)cc(-c3cnn(C)c3)nc21. The molecule has 3 aromatic rings. The Balaban J connectivity index is 2.23. The van der Waals surface area contributed by atoms with Gasteiger partial charge < -0.3 is 0 Å². The summed E-state index contributed by atoms with van der Waals surface area (Å²) in [4.78, 5) is 4.59. The van der Waals surface area contributed by atoms with Gasteiger partial charge in [0.25, 0.3) is 6.43 Å². The molecule has 0 unspecified atom stereocenters. The quantitative estimate of drug-likeness (QED) is 0.717. The first-order valence-corrected chi connectivity index (χ1v) is 7.66. The highest BCUT2D eigenvalue weighted by atomic mass is 19.3. The van der Waals surface area contributed by atoms with Gasteiger partial charge in [0.15, 0.2) is 5.65 Å². The Labute approximate surface area is 132 Å². The van der Waals surface area contributed by atoms with Crippen molar-refractivity contribution in [1.29, 1.82) is 0 Å². The summed E-state index contributed by atoms with van der Waals surface area (Å²) < 4.78 is 30.5. The highest BCUT2D eigenvalue weighted by Gasteiger charge is 2.21. The number of aromatic nitrogens is 5. The number of fused-ring (bicyclic) bond motifs is 1. The zero-order chi connectivity index (χ0) is 16.6. The maximum Gasteiger partial charge on any atom is 0.264 e. The molecule has 0 aliphatic heterocycles. The highest BCUT2D eigenvalue weighted by molar-refractivity contribution is 5.85. The van der Waals surface area contributed by atoms with Gasteiger partial charge >= 0.3 is 0 Å². The maximum absolute atomic E-state index is 13.6. The van der Waals surface area contributed by atoms with Crippen LogP contribution in [-0.2, 0) is 13.6 Å². The third-order valence-electron chi connectivity index (χ3n) is 3.87. The lowest BCUT2D eigenvalue weighted by molar-refractivity contribution is 0.153. The molecule has 0 amide bonds. The van der Waals surface area contributed by atoms with Gasteiger partial charge in [-0.1, -0.05) is 13.3 Å². The second kappa shape index (κ2) is 6.06. The predicted octanol–water partition coefficient (Wildman–Crippen LogP) is 3.88. The standard InChI is InChI=1S/C16H19F2N5/c1-4-5-6-23-16-14(10(2)21-23)12(15(17)18)7-13(20-16)11-8-19-22(3)9-11/h7-9,15H,4-6H2,1-3H3. The highest BCUT2D eigenvalue weighted by Crippen LogP contribution is 2.32. The molecule has 3 heterocycles. The minimum Gasteiger partial charge on any atom is -0.275 e. The van der Waals surface area contributed by atoms with Crippen molar-refractivity contribution >= 4 is 11.0 Å². The first-order chi connectivity index (χ1) is 11.0. The van der Waals surface area contributed by atoms with Gasteiger partial charge in [-0.3, -0.25) is 4.68 Å². The number of hydrogen-bond acceptors (Lipinski definition) is 3. The monoisotopic (exact) mass is 319 g/mol. The van der Waals surface area contributed by atoms with Crippen LogP contribution in [0.2, 0.25) is 0 Å². The van der Waals surface area contributed by atoms with Gasteiger partial charge in [0, 0.05) is 30.9 Å². The van der Waals surface area contributed by atoms with E-state index in [1.807, 2.05) is 0 Å². The summed E-state index contributed by atoms with van der Waals surface area (Å²) in [5.74, 6) is 0. The molecule has 0 aliphatic rings. The van der Waals surface area contributed by atoms with E-state index in [0.29, 0.717) is 29.0 Å². The van der Waals surface area contributed by atoms with E-state index in [1.165, 1.54) is 6.07 Å². The molecule has 3 rings (SSSR count). The van der Waals surface area contributed by atoms with Crippen LogP contribution in [-0.4, -0.2) is 24.5 Å². The van der Waals surface area contributed by atoms with Crippen LogP contribution in [0.4, 0.5) is 8.78 Å². The molecule has 5 nitrogen and oxygen atoms in total. The Morgan fingerprint density at radius 2 is 2.09 bits per heavy atom. The van der Waals surface area contributed by atoms with E-state index in [1.54, 1.807) is 35.7 Å². The van der Waals surface area contributed by atoms with E-state index in [0.717, 1.165) is 18.4 Å². The molecule has 7 heteroatoms. The summed E-state index contributed by atoms with van der Waals surface area (Å²) in [7, 11) is 1.78. The number of unbranched alkanes of at least 4 members (excludes halogenated alkanes) is 1. The minimum absolute atomic E-state index is 0.0194. The fraction of sp³-hybridized carbons (Fsp3) is 0.438. The Hall–Kier alpha value is -2.31. The van der Waals surface area contributed by atoms with Crippen LogP contribution in [0.3, 0.4) is 0 Å². The van der Waals surface area contributed by atoms with Crippen molar-refractivity contribution in [2.45, 2.75) is 39.7 Å². The molecule has 0 spiro atoms. The predicted molar refractivity (Wildman–Crippen MR) is 84.3 cm³/mol. The number of halogens is 2. The normalized spacial score (nSPS) is 11.7. The Morgan fingerprint density at radius 3 is 2.70 bits per heavy atom. The van der Waals surface area contributed by atoms with Gasteiger partial charge in [0.1, 0.15) is 0 Å². The van der Waals surface area contributed by atoms with Gasteiger partial charge in [-0.15, -0.1) is 0 Å². The summed E-state index contributed by atoms with van der Waals surface area (Å²) in [6.07, 6.45) is 2.76. The molecule has 122 valence electrons. The molecule has 0 N–H and O–H groups in total. The molecular weight excluding hydrogens is 300 g/mol. The van der Waals surface area contributed by atoms with E-state index in [-0.39, 0.29) is 5.56 Å². The molecule has 0 saturated carbocycles. The first kappa shape index (κ1) is 15.6. The molecule has 0 saturated heterocycles. The minimum atomic E-state index is -2.57. The molecule has 0 atom stereocenters. The molecule has 0 aromatic carbocycles. The zero-order valence-electron chi connectivity index (χ0n) is 13.4. The van der Waals surface area contributed by atoms with Crippen molar-refractivity contribution in [2.75, 3.05) is 0 Å². The van der Waals surface area contributed by atoms with E-state index in [2.05, 4.69) is 22.1 Å². The van der Waals surface area contributed by atoms with Gasteiger partial charge in [0.05, 0.1) is 23.0 Å². The van der Waals surface area contributed by atoms with Crippen LogP contribution in [0.1, 0.15) is 37.4 Å². The largest absolute Gasteiger partial charge is 0.275 e. The van der Waals surface area contributed by atoms with E-state index in [4.69, 9.17) is 0 Å². The smallest absolute Gasteiger partial charge is 0.264 e. The van der Waals surface area contributed by atoms with Crippen molar-refractivity contribution in [3.05, 3.63) is 29.7 Å². The molecule has 0 aliphatic carbocycles. The second-order valence-corrected chi connectivity index (χ2v) is 5.66. The number of aryl methyl sites for hydroxylation is 3. The number of nitrogens with zero attached hydrogens (tertiary/aromatic N) is 5. The summed E-state index contributed by atoms with van der Waals surface area (Å²) in [6, 6.07) is 1.45. The number of rotatable bonds is 5. The summed E-state index contributed by atoms with van der Waals surface area (Å²) in [5.41, 5.74) is 2.31. The van der Waals surface area contributed by atoms with E-state index in [9.17, 15) is 8.78 Å². The lowest BCUT2D eigenvalue weighted by atomic mass is 10.1. The maximum atomic E-state index is 13.6. The van der Waals surface area contributed by atoms with Crippen LogP contribution < -0.4 is 0 Å². The van der Waals surface area contributed by atoms with Crippen LogP contribution in [0.5, 0.6) is 0 Å². The molecule has 0 radical (unpaired) electrons. The summed E-state index contributed by atoms with van der Waals surface area (Å²) in [5, 5.41) is 8.96. The average molecular weight is 319 g/mol. The fourth-order valence-corrected chi connectivity index (χ4v) is 2.72. The lowest BCUT2D eigenvalue weighted by Gasteiger charge is -2.07. The third-order valence-corrected chi connectivity index (χ3v) is 3.87. The lowest BCUT2D eigenvalue weighted by Crippen LogP contribution is -2.02. The topological polar surface area (TPSA) is 48.5 Å². The van der Waals surface area contributed by atoms with Gasteiger partial charge in [-0.25, -0.2) is 18.4 Å². The van der Waals surface area contributed by atoms with Crippen LogP contribution in [0.15, 0.2) is 18.5 Å². The van der Waals surface area contributed by atoms with Gasteiger partial charge in [0.2, 0.25) is 0 Å². The van der Waals surface area contributed by atoms with Crippen LogP contribution >= 0.6 is 0 Å². The second-order valence-electron chi connectivity index (χ2n) is 5.66. The van der Waals surface area contributed by atoms with Crippen molar-refractivity contribution in [3.8, 4) is 11.3 Å². The van der Waals surface area contributed by atoms with E-state index < -0.39 is 6.43 Å². The Bertz CT molecular complexity index is 834. The van der Waals surface area contributed by atoms with Crippen molar-refractivity contribution < 1.29 is 8.78 Å². The molecule has 3 aromatic heterocycles. The summed E-state index contributed by atoms with van der Waals surface area (Å²) in [6.45, 7) is 4.51. The number of alkyl halides is 2. The third kappa shape index (κ3) is 2.83. The van der Waals surface area contributed by atoms with Crippen molar-refractivity contribution in [3.63, 3.8) is 0 Å². The van der Waals surface area contributed by atoms with Crippen LogP contribution in [0, 0.1) is 6.92 Å². The molecule has 0 fully saturated rings. The van der Waals surface area contributed by atoms with Crippen molar-refractivity contribution in [2.24, 2.45) is 7.05 Å². The number of pyridine rings is 1. The molecule has 23 heavy (non-hydrogen) atoms.